The van der Waals surface area contributed by atoms with E-state index < -0.39 is 0 Å². The number of hydrogen-bond acceptors (Lipinski definition) is 4. The Morgan fingerprint density at radius 3 is 2.43 bits per heavy atom. The molecule has 1 saturated heterocycles. The van der Waals surface area contributed by atoms with Crippen molar-refractivity contribution in [3.63, 3.8) is 0 Å². The molecule has 0 bridgehead atoms. The quantitative estimate of drug-likeness (QED) is 0.694. The minimum atomic E-state index is -0.0946. The van der Waals surface area contributed by atoms with E-state index in [9.17, 15) is 4.79 Å². The van der Waals surface area contributed by atoms with Gasteiger partial charge in [0.05, 0.1) is 13.2 Å². The lowest BCUT2D eigenvalue weighted by atomic mass is 10.1. The van der Waals surface area contributed by atoms with E-state index in [0.717, 1.165) is 44.9 Å². The Kier molecular flexibility index (Phi) is 8.48. The van der Waals surface area contributed by atoms with E-state index in [1.807, 2.05) is 37.3 Å². The molecule has 0 saturated carbocycles. The SMILES string of the molecule is COc1ccc(CCNC(=O)[C@H](C)N2CCN(C/C=C/c3ccccc3)CC2)cc1. The van der Waals surface area contributed by atoms with Crippen molar-refractivity contribution in [2.45, 2.75) is 19.4 Å². The van der Waals surface area contributed by atoms with Crippen molar-refractivity contribution in [3.05, 3.63) is 71.8 Å². The third-order valence-corrected chi connectivity index (χ3v) is 5.68. The fourth-order valence-corrected chi connectivity index (χ4v) is 3.67. The minimum absolute atomic E-state index is 0.0946. The normalized spacial score (nSPS) is 16.5. The molecule has 1 heterocycles. The lowest BCUT2D eigenvalue weighted by Crippen LogP contribution is -2.54. The zero-order valence-corrected chi connectivity index (χ0v) is 18.1. The van der Waals surface area contributed by atoms with Crippen LogP contribution in [0, 0.1) is 0 Å². The molecule has 0 radical (unpaired) electrons. The van der Waals surface area contributed by atoms with Crippen molar-refractivity contribution in [2.75, 3.05) is 46.4 Å². The molecule has 1 aliphatic rings. The second-order valence-corrected chi connectivity index (χ2v) is 7.71. The van der Waals surface area contributed by atoms with Gasteiger partial charge in [-0.05, 0) is 36.6 Å². The van der Waals surface area contributed by atoms with Crippen molar-refractivity contribution in [2.24, 2.45) is 0 Å². The van der Waals surface area contributed by atoms with Gasteiger partial charge in [-0.1, -0.05) is 54.6 Å². The molecular weight excluding hydrogens is 374 g/mol. The van der Waals surface area contributed by atoms with Crippen molar-refractivity contribution < 1.29 is 9.53 Å². The molecule has 0 aromatic heterocycles. The second kappa shape index (κ2) is 11.5. The first-order valence-corrected chi connectivity index (χ1v) is 10.7. The van der Waals surface area contributed by atoms with Crippen molar-refractivity contribution in [1.82, 2.24) is 15.1 Å². The van der Waals surface area contributed by atoms with Gasteiger partial charge in [-0.2, -0.15) is 0 Å². The number of piperazine rings is 1. The molecule has 1 atom stereocenters. The smallest absolute Gasteiger partial charge is 0.237 e. The van der Waals surface area contributed by atoms with E-state index in [1.165, 1.54) is 11.1 Å². The molecular formula is C25H33N3O2. The Morgan fingerprint density at radius 2 is 1.77 bits per heavy atom. The summed E-state index contributed by atoms with van der Waals surface area (Å²) in [5, 5.41) is 3.08. The van der Waals surface area contributed by atoms with Crippen LogP contribution < -0.4 is 10.1 Å². The molecule has 30 heavy (non-hydrogen) atoms. The first-order chi connectivity index (χ1) is 14.7. The number of ether oxygens (including phenoxy) is 1. The van der Waals surface area contributed by atoms with Crippen molar-refractivity contribution in [1.29, 1.82) is 0 Å². The molecule has 3 rings (SSSR count). The summed E-state index contributed by atoms with van der Waals surface area (Å²) < 4.78 is 5.18. The number of nitrogens with one attached hydrogen (secondary N) is 1. The number of carbonyl (C=O) groups is 1. The predicted octanol–water partition coefficient (Wildman–Crippen LogP) is 3.07. The van der Waals surface area contributed by atoms with Gasteiger partial charge < -0.3 is 10.1 Å². The molecule has 0 aliphatic carbocycles. The van der Waals surface area contributed by atoms with Crippen LogP contribution in [0.3, 0.4) is 0 Å². The Hall–Kier alpha value is -2.63. The van der Waals surface area contributed by atoms with E-state index in [0.29, 0.717) is 6.54 Å². The van der Waals surface area contributed by atoms with Gasteiger partial charge in [0.25, 0.3) is 0 Å². The average Bonchev–Trinajstić information content (AvgIpc) is 2.80. The Labute approximate surface area is 180 Å². The van der Waals surface area contributed by atoms with Gasteiger partial charge in [0.15, 0.2) is 0 Å². The second-order valence-electron chi connectivity index (χ2n) is 7.71. The van der Waals surface area contributed by atoms with Crippen LogP contribution in [-0.2, 0) is 11.2 Å². The van der Waals surface area contributed by atoms with Crippen molar-refractivity contribution >= 4 is 12.0 Å². The van der Waals surface area contributed by atoms with Crippen LogP contribution in [0.1, 0.15) is 18.1 Å². The van der Waals surface area contributed by atoms with Crippen LogP contribution >= 0.6 is 0 Å². The summed E-state index contributed by atoms with van der Waals surface area (Å²) in [6.07, 6.45) is 5.22. The first-order valence-electron chi connectivity index (χ1n) is 10.7. The summed E-state index contributed by atoms with van der Waals surface area (Å²) in [4.78, 5) is 17.3. The maximum absolute atomic E-state index is 12.5. The van der Waals surface area contributed by atoms with Crippen LogP contribution in [0.15, 0.2) is 60.7 Å². The predicted molar refractivity (Wildman–Crippen MR) is 123 cm³/mol. The summed E-state index contributed by atoms with van der Waals surface area (Å²) in [7, 11) is 1.66. The fourth-order valence-electron chi connectivity index (χ4n) is 3.67. The number of carbonyl (C=O) groups excluding carboxylic acids is 1. The number of benzene rings is 2. The third-order valence-electron chi connectivity index (χ3n) is 5.68. The number of rotatable bonds is 9. The molecule has 5 heteroatoms. The highest BCUT2D eigenvalue weighted by Crippen LogP contribution is 2.12. The Balaban J connectivity index is 1.35. The van der Waals surface area contributed by atoms with Gasteiger partial charge in [-0.25, -0.2) is 0 Å². The standard InChI is InChI=1S/C25H33N3O2/c1-21(25(29)26-15-14-23-10-12-24(30-2)13-11-23)28-19-17-27(18-20-28)16-6-9-22-7-4-3-5-8-22/h3-13,21H,14-20H2,1-2H3,(H,26,29)/b9-6+/t21-/m0/s1. The number of methoxy groups -OCH3 is 1. The summed E-state index contributed by atoms with van der Waals surface area (Å²) >= 11 is 0. The molecule has 2 aromatic rings. The van der Waals surface area contributed by atoms with Gasteiger partial charge in [0.1, 0.15) is 5.75 Å². The van der Waals surface area contributed by atoms with E-state index >= 15 is 0 Å². The lowest BCUT2D eigenvalue weighted by molar-refractivity contribution is -0.126. The molecule has 1 N–H and O–H groups in total. The van der Waals surface area contributed by atoms with E-state index in [2.05, 4.69) is 51.5 Å². The van der Waals surface area contributed by atoms with Gasteiger partial charge in [0, 0.05) is 39.3 Å². The molecule has 1 amide bonds. The minimum Gasteiger partial charge on any atom is -0.497 e. The summed E-state index contributed by atoms with van der Waals surface area (Å²) in [6, 6.07) is 18.3. The van der Waals surface area contributed by atoms with Gasteiger partial charge in [0.2, 0.25) is 5.91 Å². The summed E-state index contributed by atoms with van der Waals surface area (Å²) in [5.74, 6) is 0.965. The van der Waals surface area contributed by atoms with Gasteiger partial charge in [-0.15, -0.1) is 0 Å². The van der Waals surface area contributed by atoms with E-state index in [-0.39, 0.29) is 11.9 Å². The molecule has 2 aromatic carbocycles. The van der Waals surface area contributed by atoms with Crippen LogP contribution in [0.5, 0.6) is 5.75 Å². The number of amides is 1. The molecule has 0 spiro atoms. The number of nitrogens with zero attached hydrogens (tertiary/aromatic N) is 2. The van der Waals surface area contributed by atoms with Crippen molar-refractivity contribution in [3.8, 4) is 5.75 Å². The highest BCUT2D eigenvalue weighted by Gasteiger charge is 2.24. The highest BCUT2D eigenvalue weighted by atomic mass is 16.5. The van der Waals surface area contributed by atoms with Gasteiger partial charge in [-0.3, -0.25) is 14.6 Å². The molecule has 1 fully saturated rings. The maximum atomic E-state index is 12.5. The topological polar surface area (TPSA) is 44.8 Å². The van der Waals surface area contributed by atoms with Crippen LogP contribution in [0.25, 0.3) is 6.08 Å². The molecule has 5 nitrogen and oxygen atoms in total. The fraction of sp³-hybridized carbons (Fsp3) is 0.400. The van der Waals surface area contributed by atoms with E-state index in [4.69, 9.17) is 4.74 Å². The average molecular weight is 408 g/mol. The zero-order chi connectivity index (χ0) is 21.2. The van der Waals surface area contributed by atoms with E-state index in [1.54, 1.807) is 7.11 Å². The van der Waals surface area contributed by atoms with Gasteiger partial charge >= 0.3 is 0 Å². The molecule has 160 valence electrons. The first kappa shape index (κ1) is 22.1. The summed E-state index contributed by atoms with van der Waals surface area (Å²) in [6.45, 7) is 7.43. The third kappa shape index (κ3) is 6.71. The maximum Gasteiger partial charge on any atom is 0.237 e. The molecule has 1 aliphatic heterocycles. The monoisotopic (exact) mass is 407 g/mol. The van der Waals surface area contributed by atoms with Crippen LogP contribution in [0.4, 0.5) is 0 Å². The molecule has 0 unspecified atom stereocenters. The van der Waals surface area contributed by atoms with Crippen LogP contribution in [-0.4, -0.2) is 68.1 Å². The zero-order valence-electron chi connectivity index (χ0n) is 18.1. The lowest BCUT2D eigenvalue weighted by Gasteiger charge is -2.37. The highest BCUT2D eigenvalue weighted by molar-refractivity contribution is 5.81. The number of hydrogen-bond donors (Lipinski definition) is 1. The van der Waals surface area contributed by atoms with Crippen LogP contribution in [0.2, 0.25) is 0 Å². The summed E-state index contributed by atoms with van der Waals surface area (Å²) in [5.41, 5.74) is 2.43. The Bertz CT molecular complexity index is 797. The Morgan fingerprint density at radius 1 is 1.07 bits per heavy atom. The largest absolute Gasteiger partial charge is 0.497 e.